The van der Waals surface area contributed by atoms with Gasteiger partial charge in [0.2, 0.25) is 10.0 Å². The van der Waals surface area contributed by atoms with E-state index in [1.54, 1.807) is 7.05 Å². The molecule has 3 unspecified atom stereocenters. The maximum Gasteiger partial charge on any atom is 0.242 e. The SMILES string of the molecule is CNc1ncc(S(=O)(=O)NC2CCCC(C)C2C)cc1Cl. The van der Waals surface area contributed by atoms with Crippen LogP contribution in [0.2, 0.25) is 5.02 Å². The van der Waals surface area contributed by atoms with Crippen molar-refractivity contribution in [3.63, 3.8) is 0 Å². The predicted octanol–water partition coefficient (Wildman–Crippen LogP) is 2.88. The fourth-order valence-corrected chi connectivity index (χ4v) is 4.42. The van der Waals surface area contributed by atoms with Gasteiger partial charge in [-0.25, -0.2) is 18.1 Å². The molecule has 3 atom stereocenters. The number of sulfonamides is 1. The molecule has 21 heavy (non-hydrogen) atoms. The highest BCUT2D eigenvalue weighted by molar-refractivity contribution is 7.89. The van der Waals surface area contributed by atoms with E-state index < -0.39 is 10.0 Å². The number of pyridine rings is 1. The molecule has 0 spiro atoms. The second-order valence-corrected chi connectivity index (χ2v) is 7.87. The quantitative estimate of drug-likeness (QED) is 0.890. The standard InChI is InChI=1S/C14H22ClN3O2S/c1-9-5-4-6-13(10(9)2)18-21(19,20)11-7-12(15)14(16-3)17-8-11/h7-10,13,18H,4-6H2,1-3H3,(H,16,17). The first-order chi connectivity index (χ1) is 9.85. The molecule has 0 saturated heterocycles. The molecule has 0 amide bonds. The summed E-state index contributed by atoms with van der Waals surface area (Å²) in [6.07, 6.45) is 4.41. The van der Waals surface area contributed by atoms with E-state index in [1.807, 2.05) is 0 Å². The molecule has 2 rings (SSSR count). The zero-order chi connectivity index (χ0) is 15.6. The Hall–Kier alpha value is -0.850. The second kappa shape index (κ2) is 6.50. The van der Waals surface area contributed by atoms with Gasteiger partial charge in [-0.15, -0.1) is 0 Å². The highest BCUT2D eigenvalue weighted by atomic mass is 35.5. The van der Waals surface area contributed by atoms with Crippen LogP contribution in [0.25, 0.3) is 0 Å². The summed E-state index contributed by atoms with van der Waals surface area (Å²) in [6, 6.07) is 1.40. The van der Waals surface area contributed by atoms with Gasteiger partial charge >= 0.3 is 0 Å². The van der Waals surface area contributed by atoms with Crippen molar-refractivity contribution >= 4 is 27.4 Å². The molecule has 0 aliphatic heterocycles. The molecule has 1 aliphatic rings. The van der Waals surface area contributed by atoms with Crippen molar-refractivity contribution in [2.45, 2.75) is 44.0 Å². The molecule has 7 heteroatoms. The van der Waals surface area contributed by atoms with Crippen molar-refractivity contribution < 1.29 is 8.42 Å². The summed E-state index contributed by atoms with van der Waals surface area (Å²) in [6.45, 7) is 4.28. The zero-order valence-corrected chi connectivity index (χ0v) is 14.1. The summed E-state index contributed by atoms with van der Waals surface area (Å²) < 4.78 is 27.8. The fourth-order valence-electron chi connectivity index (χ4n) is 2.77. The average Bonchev–Trinajstić information content (AvgIpc) is 2.43. The largest absolute Gasteiger partial charge is 0.372 e. The number of aromatic nitrogens is 1. The van der Waals surface area contributed by atoms with Crippen molar-refractivity contribution in [1.82, 2.24) is 9.71 Å². The second-order valence-electron chi connectivity index (χ2n) is 5.75. The van der Waals surface area contributed by atoms with Crippen molar-refractivity contribution in [2.24, 2.45) is 11.8 Å². The van der Waals surface area contributed by atoms with E-state index in [0.717, 1.165) is 19.3 Å². The van der Waals surface area contributed by atoms with E-state index in [4.69, 9.17) is 11.6 Å². The molecular formula is C14H22ClN3O2S. The summed E-state index contributed by atoms with van der Waals surface area (Å²) in [5.74, 6) is 1.32. The molecule has 0 radical (unpaired) electrons. The van der Waals surface area contributed by atoms with E-state index in [1.165, 1.54) is 12.3 Å². The van der Waals surface area contributed by atoms with E-state index >= 15 is 0 Å². The molecule has 0 bridgehead atoms. The van der Waals surface area contributed by atoms with Crippen LogP contribution in [0.4, 0.5) is 5.82 Å². The monoisotopic (exact) mass is 331 g/mol. The highest BCUT2D eigenvalue weighted by Gasteiger charge is 2.31. The Bertz CT molecular complexity index is 606. The zero-order valence-electron chi connectivity index (χ0n) is 12.6. The van der Waals surface area contributed by atoms with E-state index in [0.29, 0.717) is 22.7 Å². The molecule has 1 aliphatic carbocycles. The van der Waals surface area contributed by atoms with Crippen LogP contribution in [0.1, 0.15) is 33.1 Å². The minimum Gasteiger partial charge on any atom is -0.372 e. The molecule has 1 fully saturated rings. The van der Waals surface area contributed by atoms with Gasteiger partial charge in [0.1, 0.15) is 10.7 Å². The van der Waals surface area contributed by atoms with E-state index in [9.17, 15) is 8.42 Å². The maximum absolute atomic E-state index is 12.5. The van der Waals surface area contributed by atoms with E-state index in [2.05, 4.69) is 28.9 Å². The van der Waals surface area contributed by atoms with E-state index in [-0.39, 0.29) is 10.9 Å². The van der Waals surface area contributed by atoms with Gasteiger partial charge in [-0.05, 0) is 24.3 Å². The van der Waals surface area contributed by atoms with Crippen LogP contribution < -0.4 is 10.0 Å². The van der Waals surface area contributed by atoms with Crippen LogP contribution in [0, 0.1) is 11.8 Å². The molecule has 5 nitrogen and oxygen atoms in total. The van der Waals surface area contributed by atoms with Gasteiger partial charge in [0.15, 0.2) is 0 Å². The fraction of sp³-hybridized carbons (Fsp3) is 0.643. The van der Waals surface area contributed by atoms with Gasteiger partial charge in [0.05, 0.1) is 5.02 Å². The summed E-state index contributed by atoms with van der Waals surface area (Å²) in [5.41, 5.74) is 0. The lowest BCUT2D eigenvalue weighted by Gasteiger charge is -2.34. The van der Waals surface area contributed by atoms with Gasteiger partial charge in [-0.3, -0.25) is 0 Å². The Morgan fingerprint density at radius 3 is 2.67 bits per heavy atom. The minimum atomic E-state index is -3.59. The van der Waals surface area contributed by atoms with Gasteiger partial charge < -0.3 is 5.32 Å². The van der Waals surface area contributed by atoms with Crippen LogP contribution in [0.3, 0.4) is 0 Å². The number of hydrogen-bond acceptors (Lipinski definition) is 4. The van der Waals surface area contributed by atoms with Crippen LogP contribution in [0.15, 0.2) is 17.2 Å². The number of anilines is 1. The Morgan fingerprint density at radius 1 is 1.33 bits per heavy atom. The van der Waals surface area contributed by atoms with Crippen molar-refractivity contribution in [2.75, 3.05) is 12.4 Å². The first kappa shape index (κ1) is 16.5. The summed E-state index contributed by atoms with van der Waals surface area (Å²) in [4.78, 5) is 4.14. The van der Waals surface area contributed by atoms with Crippen LogP contribution in [-0.2, 0) is 10.0 Å². The first-order valence-electron chi connectivity index (χ1n) is 7.20. The summed E-state index contributed by atoms with van der Waals surface area (Å²) in [7, 11) is -1.90. The summed E-state index contributed by atoms with van der Waals surface area (Å²) in [5, 5.41) is 3.11. The lowest BCUT2D eigenvalue weighted by atomic mass is 9.78. The summed E-state index contributed by atoms with van der Waals surface area (Å²) >= 11 is 6.01. The molecule has 1 aromatic rings. The van der Waals surface area contributed by atoms with Gasteiger partial charge in [0.25, 0.3) is 0 Å². The lowest BCUT2D eigenvalue weighted by molar-refractivity contribution is 0.227. The molecule has 1 heterocycles. The third-order valence-electron chi connectivity index (χ3n) is 4.38. The maximum atomic E-state index is 12.5. The van der Waals surface area contributed by atoms with Crippen molar-refractivity contribution in [1.29, 1.82) is 0 Å². The Balaban J connectivity index is 2.20. The smallest absolute Gasteiger partial charge is 0.242 e. The molecule has 1 saturated carbocycles. The van der Waals surface area contributed by atoms with Crippen LogP contribution >= 0.6 is 11.6 Å². The molecule has 1 aromatic heterocycles. The van der Waals surface area contributed by atoms with Gasteiger partial charge in [0, 0.05) is 19.3 Å². The average molecular weight is 332 g/mol. The normalized spacial score (nSPS) is 26.6. The minimum absolute atomic E-state index is 0.0264. The molecule has 2 N–H and O–H groups in total. The third kappa shape index (κ3) is 3.67. The third-order valence-corrected chi connectivity index (χ3v) is 6.12. The van der Waals surface area contributed by atoms with Crippen LogP contribution in [-0.4, -0.2) is 26.5 Å². The Morgan fingerprint density at radius 2 is 2.05 bits per heavy atom. The number of hydrogen-bond donors (Lipinski definition) is 2. The highest BCUT2D eigenvalue weighted by Crippen LogP contribution is 2.31. The predicted molar refractivity (Wildman–Crippen MR) is 85.1 cm³/mol. The Labute approximate surface area is 131 Å². The number of rotatable bonds is 4. The van der Waals surface area contributed by atoms with Crippen molar-refractivity contribution in [3.8, 4) is 0 Å². The van der Waals surface area contributed by atoms with Crippen LogP contribution in [0.5, 0.6) is 0 Å². The first-order valence-corrected chi connectivity index (χ1v) is 9.07. The van der Waals surface area contributed by atoms with Gasteiger partial charge in [-0.1, -0.05) is 38.3 Å². The van der Waals surface area contributed by atoms with Crippen molar-refractivity contribution in [3.05, 3.63) is 17.3 Å². The topological polar surface area (TPSA) is 71.1 Å². The lowest BCUT2D eigenvalue weighted by Crippen LogP contribution is -2.43. The number of nitrogens with one attached hydrogen (secondary N) is 2. The Kier molecular flexibility index (Phi) is 5.11. The molecule has 118 valence electrons. The van der Waals surface area contributed by atoms with Gasteiger partial charge in [-0.2, -0.15) is 0 Å². The molecule has 0 aromatic carbocycles. The molecular weight excluding hydrogens is 310 g/mol. The number of nitrogens with zero attached hydrogens (tertiary/aromatic N) is 1. The number of halogens is 1.